The fourth-order valence-electron chi connectivity index (χ4n) is 2.25. The molecular formula is C16H20N2O3. The van der Waals surface area contributed by atoms with Gasteiger partial charge in [0.05, 0.1) is 12.7 Å². The van der Waals surface area contributed by atoms with Gasteiger partial charge in [0.2, 0.25) is 5.89 Å². The van der Waals surface area contributed by atoms with Gasteiger partial charge >= 0.3 is 5.97 Å². The van der Waals surface area contributed by atoms with Gasteiger partial charge in [-0.15, -0.1) is 0 Å². The minimum Gasteiger partial charge on any atom is -0.480 e. The van der Waals surface area contributed by atoms with Gasteiger partial charge in [0, 0.05) is 5.56 Å². The van der Waals surface area contributed by atoms with Crippen molar-refractivity contribution in [2.24, 2.45) is 0 Å². The maximum atomic E-state index is 11.4. The Labute approximate surface area is 124 Å². The van der Waals surface area contributed by atoms with Crippen molar-refractivity contribution in [3.05, 3.63) is 42.4 Å². The van der Waals surface area contributed by atoms with E-state index in [1.807, 2.05) is 44.2 Å². The Kier molecular flexibility index (Phi) is 4.75. The zero-order chi connectivity index (χ0) is 15.3. The molecule has 0 aliphatic rings. The van der Waals surface area contributed by atoms with Gasteiger partial charge in [0.15, 0.2) is 5.76 Å². The number of rotatable bonds is 7. The van der Waals surface area contributed by atoms with Crippen molar-refractivity contribution in [1.29, 1.82) is 0 Å². The molecule has 2 N–H and O–H groups in total. The van der Waals surface area contributed by atoms with Crippen molar-refractivity contribution >= 4 is 5.97 Å². The molecule has 2 rings (SSSR count). The Morgan fingerprint density at radius 2 is 1.95 bits per heavy atom. The summed E-state index contributed by atoms with van der Waals surface area (Å²) in [7, 11) is 0. The monoisotopic (exact) mass is 288 g/mol. The Morgan fingerprint density at radius 1 is 1.29 bits per heavy atom. The highest BCUT2D eigenvalue weighted by Crippen LogP contribution is 2.21. The van der Waals surface area contributed by atoms with Gasteiger partial charge in [0.25, 0.3) is 0 Å². The van der Waals surface area contributed by atoms with E-state index in [9.17, 15) is 9.90 Å². The lowest BCUT2D eigenvalue weighted by Gasteiger charge is -2.27. The first-order chi connectivity index (χ1) is 10.1. The molecule has 1 heterocycles. The van der Waals surface area contributed by atoms with Crippen LogP contribution in [-0.2, 0) is 11.3 Å². The summed E-state index contributed by atoms with van der Waals surface area (Å²) in [6, 6.07) is 9.68. The third-order valence-electron chi connectivity index (χ3n) is 3.81. The number of nitrogens with one attached hydrogen (secondary N) is 1. The van der Waals surface area contributed by atoms with E-state index in [1.54, 1.807) is 6.20 Å². The highest BCUT2D eigenvalue weighted by atomic mass is 16.4. The summed E-state index contributed by atoms with van der Waals surface area (Å²) in [6.45, 7) is 4.01. The molecule has 112 valence electrons. The molecule has 1 aromatic carbocycles. The van der Waals surface area contributed by atoms with E-state index in [-0.39, 0.29) is 0 Å². The summed E-state index contributed by atoms with van der Waals surface area (Å²) in [5, 5.41) is 12.4. The van der Waals surface area contributed by atoms with Gasteiger partial charge in [-0.2, -0.15) is 0 Å². The number of carbonyl (C=O) groups is 1. The molecule has 5 heteroatoms. The highest BCUT2D eigenvalue weighted by molar-refractivity contribution is 5.78. The SMILES string of the molecule is CCC(CC)(NCc1ncc(-c2ccccc2)o1)C(=O)O. The molecule has 0 fully saturated rings. The van der Waals surface area contributed by atoms with Gasteiger partial charge in [0.1, 0.15) is 5.54 Å². The standard InChI is InChI=1S/C16H20N2O3/c1-3-16(4-2,15(19)20)18-11-14-17-10-13(21-14)12-8-6-5-7-9-12/h5-10,18H,3-4,11H2,1-2H3,(H,19,20). The van der Waals surface area contributed by atoms with Crippen LogP contribution in [-0.4, -0.2) is 21.6 Å². The molecule has 0 radical (unpaired) electrons. The first kappa shape index (κ1) is 15.3. The zero-order valence-corrected chi connectivity index (χ0v) is 12.3. The van der Waals surface area contributed by atoms with Crippen LogP contribution in [0.5, 0.6) is 0 Å². The van der Waals surface area contributed by atoms with Crippen molar-refractivity contribution in [2.75, 3.05) is 0 Å². The van der Waals surface area contributed by atoms with E-state index in [1.165, 1.54) is 0 Å². The first-order valence-corrected chi connectivity index (χ1v) is 7.10. The summed E-state index contributed by atoms with van der Waals surface area (Å²) < 4.78 is 5.67. The molecule has 2 aromatic rings. The van der Waals surface area contributed by atoms with Crippen LogP contribution in [0, 0.1) is 0 Å². The van der Waals surface area contributed by atoms with E-state index in [0.29, 0.717) is 31.0 Å². The summed E-state index contributed by atoms with van der Waals surface area (Å²) in [6.07, 6.45) is 2.67. The average Bonchev–Trinajstić information content (AvgIpc) is 2.98. The Morgan fingerprint density at radius 3 is 2.52 bits per heavy atom. The van der Waals surface area contributed by atoms with E-state index >= 15 is 0 Å². The minimum atomic E-state index is -0.929. The normalized spacial score (nSPS) is 11.5. The Bertz CT molecular complexity index is 589. The highest BCUT2D eigenvalue weighted by Gasteiger charge is 2.34. The summed E-state index contributed by atoms with van der Waals surface area (Å²) in [4.78, 5) is 15.6. The van der Waals surface area contributed by atoms with E-state index < -0.39 is 11.5 Å². The van der Waals surface area contributed by atoms with Crippen LogP contribution in [0.4, 0.5) is 0 Å². The van der Waals surface area contributed by atoms with Crippen LogP contribution in [0.3, 0.4) is 0 Å². The number of aliphatic carboxylic acids is 1. The van der Waals surface area contributed by atoms with Crippen LogP contribution >= 0.6 is 0 Å². The number of nitrogens with zero attached hydrogens (tertiary/aromatic N) is 1. The van der Waals surface area contributed by atoms with Gasteiger partial charge in [-0.25, -0.2) is 4.98 Å². The fraction of sp³-hybridized carbons (Fsp3) is 0.375. The Balaban J connectivity index is 2.08. The van der Waals surface area contributed by atoms with Crippen LogP contribution < -0.4 is 5.32 Å². The second-order valence-corrected chi connectivity index (χ2v) is 4.93. The lowest BCUT2D eigenvalue weighted by Crippen LogP contribution is -2.50. The number of aromatic nitrogens is 1. The molecule has 0 atom stereocenters. The molecule has 1 aromatic heterocycles. The third-order valence-corrected chi connectivity index (χ3v) is 3.81. The van der Waals surface area contributed by atoms with Crippen LogP contribution in [0.2, 0.25) is 0 Å². The van der Waals surface area contributed by atoms with Crippen molar-refractivity contribution < 1.29 is 14.3 Å². The molecule has 0 unspecified atom stereocenters. The zero-order valence-electron chi connectivity index (χ0n) is 12.3. The number of hydrogen-bond acceptors (Lipinski definition) is 4. The largest absolute Gasteiger partial charge is 0.480 e. The smallest absolute Gasteiger partial charge is 0.323 e. The van der Waals surface area contributed by atoms with Gasteiger partial charge in [-0.3, -0.25) is 10.1 Å². The number of oxazole rings is 1. The third kappa shape index (κ3) is 3.31. The number of carboxylic acid groups (broad SMARTS) is 1. The summed E-state index contributed by atoms with van der Waals surface area (Å²) in [5.41, 5.74) is 0.0215. The first-order valence-electron chi connectivity index (χ1n) is 7.10. The van der Waals surface area contributed by atoms with Gasteiger partial charge < -0.3 is 9.52 Å². The molecule has 0 saturated heterocycles. The number of benzene rings is 1. The molecule has 0 aliphatic carbocycles. The van der Waals surface area contributed by atoms with Crippen molar-refractivity contribution in [3.8, 4) is 11.3 Å². The molecule has 0 spiro atoms. The van der Waals surface area contributed by atoms with E-state index in [0.717, 1.165) is 5.56 Å². The quantitative estimate of drug-likeness (QED) is 0.819. The van der Waals surface area contributed by atoms with Crippen LogP contribution in [0.25, 0.3) is 11.3 Å². The lowest BCUT2D eigenvalue weighted by atomic mass is 9.93. The topological polar surface area (TPSA) is 75.4 Å². The fourth-order valence-corrected chi connectivity index (χ4v) is 2.25. The number of hydrogen-bond donors (Lipinski definition) is 2. The second-order valence-electron chi connectivity index (χ2n) is 4.93. The predicted molar refractivity (Wildman–Crippen MR) is 79.7 cm³/mol. The molecule has 0 saturated carbocycles. The van der Waals surface area contributed by atoms with Gasteiger partial charge in [-0.1, -0.05) is 44.2 Å². The predicted octanol–water partition coefficient (Wildman–Crippen LogP) is 3.07. The van der Waals surface area contributed by atoms with Crippen LogP contribution in [0.1, 0.15) is 32.6 Å². The Hall–Kier alpha value is -2.14. The molecule has 0 bridgehead atoms. The van der Waals surface area contributed by atoms with E-state index in [4.69, 9.17) is 4.42 Å². The lowest BCUT2D eigenvalue weighted by molar-refractivity contribution is -0.145. The number of carboxylic acids is 1. The second kappa shape index (κ2) is 6.54. The molecular weight excluding hydrogens is 268 g/mol. The van der Waals surface area contributed by atoms with Crippen molar-refractivity contribution in [1.82, 2.24) is 10.3 Å². The maximum Gasteiger partial charge on any atom is 0.323 e. The van der Waals surface area contributed by atoms with Crippen molar-refractivity contribution in [2.45, 2.75) is 38.8 Å². The van der Waals surface area contributed by atoms with E-state index in [2.05, 4.69) is 10.3 Å². The molecule has 21 heavy (non-hydrogen) atoms. The maximum absolute atomic E-state index is 11.4. The molecule has 0 aliphatic heterocycles. The molecule has 5 nitrogen and oxygen atoms in total. The average molecular weight is 288 g/mol. The summed E-state index contributed by atoms with van der Waals surface area (Å²) in [5.74, 6) is 0.324. The summed E-state index contributed by atoms with van der Waals surface area (Å²) >= 11 is 0. The van der Waals surface area contributed by atoms with Crippen molar-refractivity contribution in [3.63, 3.8) is 0 Å². The van der Waals surface area contributed by atoms with Crippen LogP contribution in [0.15, 0.2) is 40.9 Å². The van der Waals surface area contributed by atoms with Gasteiger partial charge in [-0.05, 0) is 12.8 Å². The molecule has 0 amide bonds. The minimum absolute atomic E-state index is 0.292.